The first kappa shape index (κ1) is 48.7. The number of carbonyl (C=O) groups is 4. The molecule has 2 aromatic heterocycles. The van der Waals surface area contributed by atoms with Crippen LogP contribution in [-0.4, -0.2) is 120 Å². The van der Waals surface area contributed by atoms with E-state index in [2.05, 4.69) is 25.3 Å². The van der Waals surface area contributed by atoms with Crippen LogP contribution in [0, 0.1) is 5.92 Å². The third-order valence-electron chi connectivity index (χ3n) is 11.1. The molecule has 6 atom stereocenters. The normalized spacial score (nSPS) is 18.3. The van der Waals surface area contributed by atoms with E-state index in [0.29, 0.717) is 17.9 Å². The summed E-state index contributed by atoms with van der Waals surface area (Å²) in [7, 11) is 1.31. The fourth-order valence-electron chi connectivity index (χ4n) is 7.58. The lowest BCUT2D eigenvalue weighted by molar-refractivity contribution is -0.145. The Kier molecular flexibility index (Phi) is 16.5. The van der Waals surface area contributed by atoms with Crippen molar-refractivity contribution in [2.75, 3.05) is 25.5 Å². The second-order valence-corrected chi connectivity index (χ2v) is 17.1. The third-order valence-corrected chi connectivity index (χ3v) is 11.1. The van der Waals surface area contributed by atoms with E-state index in [-0.39, 0.29) is 55.9 Å². The summed E-state index contributed by atoms with van der Waals surface area (Å²) in [5, 5.41) is 26.0. The lowest BCUT2D eigenvalue weighted by Gasteiger charge is -2.35. The van der Waals surface area contributed by atoms with Gasteiger partial charge in [-0.15, -0.1) is 0 Å². The van der Waals surface area contributed by atoms with Crippen LogP contribution in [0.15, 0.2) is 109 Å². The molecule has 1 aliphatic rings. The number of amidine groups is 1. The second-order valence-electron chi connectivity index (χ2n) is 17.1. The fraction of sp³-hybridized carbons (Fsp3) is 0.417. The molecule has 1 fully saturated rings. The Labute approximate surface area is 383 Å². The van der Waals surface area contributed by atoms with E-state index < -0.39 is 66.2 Å². The molecule has 0 aliphatic carbocycles. The number of rotatable bonds is 17. The number of ether oxygens (including phenoxy) is 4. The molecule has 1 aliphatic heterocycles. The van der Waals surface area contributed by atoms with Gasteiger partial charge in [0.2, 0.25) is 0 Å². The summed E-state index contributed by atoms with van der Waals surface area (Å²) in [6.07, 6.45) is -3.49. The highest BCUT2D eigenvalue weighted by Gasteiger charge is 2.46. The van der Waals surface area contributed by atoms with Crippen molar-refractivity contribution in [3.8, 4) is 0 Å². The van der Waals surface area contributed by atoms with Crippen molar-refractivity contribution < 1.29 is 48.3 Å². The first-order chi connectivity index (χ1) is 31.6. The zero-order chi connectivity index (χ0) is 47.4. The molecule has 3 heterocycles. The molecule has 3 amide bonds. The highest BCUT2D eigenvalue weighted by atomic mass is 16.6. The lowest BCUT2D eigenvalue weighted by Crippen LogP contribution is -2.48. The minimum absolute atomic E-state index is 0.00722. The van der Waals surface area contributed by atoms with E-state index in [9.17, 15) is 29.4 Å². The van der Waals surface area contributed by atoms with Gasteiger partial charge in [0.1, 0.15) is 36.6 Å². The number of esters is 1. The summed E-state index contributed by atoms with van der Waals surface area (Å²) in [5.41, 5.74) is 1.76. The van der Waals surface area contributed by atoms with Gasteiger partial charge in [0.15, 0.2) is 23.2 Å². The van der Waals surface area contributed by atoms with Crippen LogP contribution in [0.4, 0.5) is 15.4 Å². The van der Waals surface area contributed by atoms with Crippen LogP contribution < -0.4 is 5.32 Å². The molecule has 0 saturated carbocycles. The standard InChI is InChI=1S/C48H58N8O10/c1-31(45(60)63-6)22-23-36(26-37-39(57)40(58)44(65-37)56-30-51-38-41(49-29-50-42(38)56)53-43(59)35-20-14-9-15-21-35)55(47(62)64-28-34-18-12-8-13-19-34)25-24-54(27-33-16-10-7-11-17-33)32(2)52-46(61)66-48(3,4)5/h7-21,29-31,36-37,39-40,44,57-58H,22-28H2,1-6H3,(H,49,50,53,59)/b52-32-/t31-,36-,37+,39-,40?,44+/m0/s1. The topological polar surface area (TPSA) is 220 Å². The number of anilines is 1. The Balaban J connectivity index is 1.30. The molecule has 1 saturated heterocycles. The van der Waals surface area contributed by atoms with Gasteiger partial charge in [-0.1, -0.05) is 85.8 Å². The van der Waals surface area contributed by atoms with Crippen LogP contribution in [0.2, 0.25) is 0 Å². The maximum atomic E-state index is 14.5. The number of fused-ring (bicyclic) bond motifs is 1. The number of carbonyl (C=O) groups excluding carboxylic acids is 4. The van der Waals surface area contributed by atoms with E-state index in [1.807, 2.05) is 65.6 Å². The van der Waals surface area contributed by atoms with Crippen molar-refractivity contribution in [1.29, 1.82) is 0 Å². The average Bonchev–Trinajstić information content (AvgIpc) is 3.86. The van der Waals surface area contributed by atoms with Crippen LogP contribution in [-0.2, 0) is 36.9 Å². The summed E-state index contributed by atoms with van der Waals surface area (Å²) in [5.74, 6) is -0.920. The van der Waals surface area contributed by atoms with Crippen LogP contribution in [0.25, 0.3) is 11.2 Å². The quantitative estimate of drug-likeness (QED) is 0.0391. The number of aromatic nitrogens is 4. The number of methoxy groups -OCH3 is 1. The van der Waals surface area contributed by atoms with Gasteiger partial charge in [0.25, 0.3) is 5.91 Å². The van der Waals surface area contributed by atoms with Crippen molar-refractivity contribution in [2.24, 2.45) is 10.9 Å². The summed E-state index contributed by atoms with van der Waals surface area (Å²) in [6.45, 7) is 9.16. The molecule has 1 unspecified atom stereocenters. The van der Waals surface area contributed by atoms with Crippen LogP contribution in [0.3, 0.4) is 0 Å². The van der Waals surface area contributed by atoms with E-state index in [1.165, 1.54) is 29.2 Å². The van der Waals surface area contributed by atoms with Crippen LogP contribution in [0.1, 0.15) is 81.6 Å². The van der Waals surface area contributed by atoms with Gasteiger partial charge in [0.05, 0.1) is 25.5 Å². The van der Waals surface area contributed by atoms with Gasteiger partial charge in [-0.3, -0.25) is 14.2 Å². The van der Waals surface area contributed by atoms with Crippen molar-refractivity contribution >= 4 is 46.9 Å². The van der Waals surface area contributed by atoms with Gasteiger partial charge < -0.3 is 44.3 Å². The first-order valence-corrected chi connectivity index (χ1v) is 21.8. The number of nitrogens with one attached hydrogen (secondary N) is 1. The Morgan fingerprint density at radius 2 is 1.53 bits per heavy atom. The number of nitrogens with zero attached hydrogens (tertiary/aromatic N) is 7. The van der Waals surface area contributed by atoms with Crippen LogP contribution in [0.5, 0.6) is 0 Å². The molecule has 18 nitrogen and oxygen atoms in total. The smallest absolute Gasteiger partial charge is 0.435 e. The minimum Gasteiger partial charge on any atom is -0.469 e. The molecule has 3 N–H and O–H groups in total. The number of aliphatic hydroxyl groups is 2. The Morgan fingerprint density at radius 3 is 2.18 bits per heavy atom. The predicted molar refractivity (Wildman–Crippen MR) is 244 cm³/mol. The van der Waals surface area contributed by atoms with E-state index >= 15 is 0 Å². The highest BCUT2D eigenvalue weighted by Crippen LogP contribution is 2.36. The van der Waals surface area contributed by atoms with Crippen molar-refractivity contribution in [3.05, 3.63) is 120 Å². The largest absolute Gasteiger partial charge is 0.469 e. The minimum atomic E-state index is -1.48. The number of imidazole rings is 1. The molecule has 350 valence electrons. The van der Waals surface area contributed by atoms with Gasteiger partial charge in [-0.25, -0.2) is 24.5 Å². The van der Waals surface area contributed by atoms with Gasteiger partial charge in [-0.2, -0.15) is 4.99 Å². The SMILES string of the molecule is COC(=O)[C@@H](C)CC[C@@H](C[C@H]1O[C@@H](n2cnc3c(NC(=O)c4ccccc4)ncnc32)C(O)[C@H]1O)N(CCN(Cc1ccccc1)/C(C)=N\C(=O)OC(C)(C)C)C(=O)OCc1ccccc1. The number of amides is 3. The van der Waals surface area contributed by atoms with Crippen molar-refractivity contribution in [1.82, 2.24) is 29.3 Å². The maximum Gasteiger partial charge on any atom is 0.435 e. The molecule has 18 heteroatoms. The maximum absolute atomic E-state index is 14.5. The Bertz CT molecular complexity index is 2430. The molecule has 6 rings (SSSR count). The van der Waals surface area contributed by atoms with Crippen molar-refractivity contribution in [2.45, 2.75) is 103 Å². The van der Waals surface area contributed by atoms with E-state index in [4.69, 9.17) is 18.9 Å². The number of aliphatic hydroxyl groups excluding tert-OH is 2. The Morgan fingerprint density at radius 1 is 0.879 bits per heavy atom. The fourth-order valence-corrected chi connectivity index (χ4v) is 7.58. The van der Waals surface area contributed by atoms with E-state index in [0.717, 1.165) is 11.1 Å². The van der Waals surface area contributed by atoms with E-state index in [1.54, 1.807) is 65.0 Å². The number of aliphatic imine (C=N–C) groups is 1. The molecular weight excluding hydrogens is 849 g/mol. The monoisotopic (exact) mass is 906 g/mol. The highest BCUT2D eigenvalue weighted by molar-refractivity contribution is 6.06. The lowest BCUT2D eigenvalue weighted by atomic mass is 9.94. The number of benzene rings is 3. The summed E-state index contributed by atoms with van der Waals surface area (Å²) >= 11 is 0. The zero-order valence-corrected chi connectivity index (χ0v) is 38.0. The molecule has 0 spiro atoms. The number of hydrogen-bond acceptors (Lipinski definition) is 13. The Hall–Kier alpha value is -6.76. The molecule has 0 bridgehead atoms. The third kappa shape index (κ3) is 12.9. The number of hydrogen-bond donors (Lipinski definition) is 3. The van der Waals surface area contributed by atoms with Gasteiger partial charge in [0, 0.05) is 31.2 Å². The summed E-state index contributed by atoms with van der Waals surface area (Å²) in [6, 6.07) is 26.6. The molecule has 0 radical (unpaired) electrons. The molecule has 3 aromatic carbocycles. The molecule has 5 aromatic rings. The molecular formula is C48H58N8O10. The second kappa shape index (κ2) is 22.4. The summed E-state index contributed by atoms with van der Waals surface area (Å²) < 4.78 is 24.4. The predicted octanol–water partition coefficient (Wildman–Crippen LogP) is 6.54. The average molecular weight is 907 g/mol. The zero-order valence-electron chi connectivity index (χ0n) is 38.0. The first-order valence-electron chi connectivity index (χ1n) is 21.8. The van der Waals surface area contributed by atoms with Crippen LogP contribution >= 0.6 is 0 Å². The van der Waals surface area contributed by atoms with Gasteiger partial charge in [-0.05, 0) is 70.2 Å². The van der Waals surface area contributed by atoms with Gasteiger partial charge >= 0.3 is 18.2 Å². The molecule has 66 heavy (non-hydrogen) atoms. The van der Waals surface area contributed by atoms with Crippen molar-refractivity contribution in [3.63, 3.8) is 0 Å². The summed E-state index contributed by atoms with van der Waals surface area (Å²) in [4.78, 5) is 73.8.